The van der Waals surface area contributed by atoms with Crippen molar-refractivity contribution in [3.05, 3.63) is 0 Å². The number of nitrogens with zero attached hydrogens (tertiary/aromatic N) is 1. The predicted molar refractivity (Wildman–Crippen MR) is 35.7 cm³/mol. The molecule has 0 atom stereocenters. The number of hydrogen-bond acceptors (Lipinski definition) is 3. The van der Waals surface area contributed by atoms with Gasteiger partial charge in [0, 0.05) is 6.42 Å². The van der Waals surface area contributed by atoms with Gasteiger partial charge in [0.25, 0.3) is 0 Å². The Morgan fingerprint density at radius 3 is 2.60 bits per heavy atom. The van der Waals surface area contributed by atoms with Gasteiger partial charge in [-0.25, -0.2) is 0 Å². The van der Waals surface area contributed by atoms with E-state index in [1.165, 1.54) is 12.8 Å². The summed E-state index contributed by atoms with van der Waals surface area (Å²) < 4.78 is 0. The zero-order valence-corrected chi connectivity index (χ0v) is 6.34. The molecular formula is C6H15N2O2+. The van der Waals surface area contributed by atoms with E-state index in [0.29, 0.717) is 11.4 Å². The van der Waals surface area contributed by atoms with Crippen LogP contribution in [0.4, 0.5) is 0 Å². The molecule has 4 heteroatoms. The molecule has 60 valence electrons. The van der Waals surface area contributed by atoms with Gasteiger partial charge in [-0.1, -0.05) is 24.8 Å². The normalized spacial score (nSPS) is 9.40. The molecule has 0 aliphatic heterocycles. The fraction of sp³-hybridized carbons (Fsp3) is 1.00. The summed E-state index contributed by atoms with van der Waals surface area (Å²) in [7, 11) is 0. The van der Waals surface area contributed by atoms with Crippen molar-refractivity contribution < 1.29 is 15.1 Å². The average Bonchev–Trinajstić information content (AvgIpc) is 1.98. The quantitative estimate of drug-likeness (QED) is 0.198. The van der Waals surface area contributed by atoms with Crippen molar-refractivity contribution in [3.8, 4) is 0 Å². The Morgan fingerprint density at radius 2 is 2.10 bits per heavy atom. The van der Waals surface area contributed by atoms with E-state index in [1.54, 1.807) is 0 Å². The topological polar surface area (TPSA) is 56.3 Å². The maximum Gasteiger partial charge on any atom is 0.226 e. The molecular weight excluding hydrogens is 132 g/mol. The van der Waals surface area contributed by atoms with Gasteiger partial charge in [0.05, 0.1) is 0 Å². The average molecular weight is 147 g/mol. The molecule has 0 aliphatic rings. The second kappa shape index (κ2) is 6.48. The third kappa shape index (κ3) is 5.50. The Kier molecular flexibility index (Phi) is 6.06. The van der Waals surface area contributed by atoms with Crippen LogP contribution in [0.15, 0.2) is 0 Å². The molecule has 0 radical (unpaired) electrons. The molecule has 0 aliphatic carbocycles. The standard InChI is InChI=1S/C6H14N2O2/c1-2-3-4-5-6-8(7)10-9/h7H,2-6H2,1H3/p+1. The van der Waals surface area contributed by atoms with Crippen LogP contribution in [0, 0.1) is 5.53 Å². The molecule has 4 nitrogen and oxygen atoms in total. The summed E-state index contributed by atoms with van der Waals surface area (Å²) in [5, 5.41) is 7.93. The van der Waals surface area contributed by atoms with Gasteiger partial charge in [-0.15, -0.1) is 5.26 Å². The molecule has 0 spiro atoms. The minimum Gasteiger partial charge on any atom is -0.141 e. The van der Waals surface area contributed by atoms with Crippen LogP contribution in [0.1, 0.15) is 32.6 Å². The molecule has 0 aromatic rings. The highest BCUT2D eigenvalue weighted by Gasteiger charge is 2.01. The maximum absolute atomic E-state index is 7.93. The third-order valence-corrected chi connectivity index (χ3v) is 1.31. The van der Waals surface area contributed by atoms with Crippen molar-refractivity contribution >= 4 is 0 Å². The maximum atomic E-state index is 7.93. The van der Waals surface area contributed by atoms with Gasteiger partial charge in [-0.2, -0.15) is 0 Å². The van der Waals surface area contributed by atoms with E-state index in [0.717, 1.165) is 12.8 Å². The Hall–Kier alpha value is -0.640. The van der Waals surface area contributed by atoms with E-state index in [9.17, 15) is 0 Å². The van der Waals surface area contributed by atoms with Crippen LogP contribution >= 0.6 is 0 Å². The van der Waals surface area contributed by atoms with Gasteiger partial charge in [-0.05, 0) is 12.0 Å². The Morgan fingerprint density at radius 1 is 1.40 bits per heavy atom. The first kappa shape index (κ1) is 9.36. The highest BCUT2D eigenvalue weighted by atomic mass is 17.2. The molecule has 0 aromatic heterocycles. The molecule has 0 amide bonds. The first-order chi connectivity index (χ1) is 4.81. The van der Waals surface area contributed by atoms with Crippen molar-refractivity contribution in [1.82, 2.24) is 0 Å². The number of rotatable bonds is 6. The molecule has 0 fully saturated rings. The summed E-state index contributed by atoms with van der Waals surface area (Å²) in [6.07, 6.45) is 4.35. The highest BCUT2D eigenvalue weighted by Crippen LogP contribution is 1.98. The summed E-state index contributed by atoms with van der Waals surface area (Å²) in [5.41, 5.74) is 6.82. The second-order valence-electron chi connectivity index (χ2n) is 2.24. The van der Waals surface area contributed by atoms with E-state index < -0.39 is 0 Å². The third-order valence-electron chi connectivity index (χ3n) is 1.31. The lowest BCUT2D eigenvalue weighted by Gasteiger charge is -1.91. The van der Waals surface area contributed by atoms with Gasteiger partial charge >= 0.3 is 0 Å². The van der Waals surface area contributed by atoms with Crippen LogP contribution in [-0.2, 0) is 4.99 Å². The van der Waals surface area contributed by atoms with Gasteiger partial charge < -0.3 is 0 Å². The summed E-state index contributed by atoms with van der Waals surface area (Å²) in [5.74, 6) is 0. The van der Waals surface area contributed by atoms with Crippen LogP contribution < -0.4 is 0 Å². The minimum absolute atomic E-state index is 0.469. The number of hydrogen-bond donors (Lipinski definition) is 2. The van der Waals surface area contributed by atoms with Crippen molar-refractivity contribution in [2.75, 3.05) is 6.54 Å². The lowest BCUT2D eigenvalue weighted by Crippen LogP contribution is -2.07. The molecule has 0 unspecified atom stereocenters. The summed E-state index contributed by atoms with van der Waals surface area (Å²) in [4.78, 5) is 4.31. The smallest absolute Gasteiger partial charge is 0.141 e. The summed E-state index contributed by atoms with van der Waals surface area (Å²) in [6.45, 7) is 2.59. The first-order valence-electron chi connectivity index (χ1n) is 3.61. The summed E-state index contributed by atoms with van der Waals surface area (Å²) in [6, 6.07) is 0. The lowest BCUT2D eigenvalue weighted by molar-refractivity contribution is -0.921. The van der Waals surface area contributed by atoms with Crippen molar-refractivity contribution in [1.29, 1.82) is 5.53 Å². The van der Waals surface area contributed by atoms with Gasteiger partial charge in [-0.3, -0.25) is 0 Å². The minimum atomic E-state index is 0.469. The van der Waals surface area contributed by atoms with E-state index in [2.05, 4.69) is 11.9 Å². The second-order valence-corrected chi connectivity index (χ2v) is 2.24. The Balaban J connectivity index is 2.96. The predicted octanol–water partition coefficient (Wildman–Crippen LogP) is 2.01. The van der Waals surface area contributed by atoms with Crippen LogP contribution in [0.3, 0.4) is 0 Å². The fourth-order valence-electron chi connectivity index (χ4n) is 0.723. The van der Waals surface area contributed by atoms with Crippen LogP contribution in [0.2, 0.25) is 0 Å². The van der Waals surface area contributed by atoms with Crippen LogP contribution in [0.5, 0.6) is 0 Å². The Labute approximate surface area is 60.8 Å². The van der Waals surface area contributed by atoms with E-state index in [1.807, 2.05) is 0 Å². The molecule has 0 bridgehead atoms. The first-order valence-corrected chi connectivity index (χ1v) is 3.61. The monoisotopic (exact) mass is 147 g/mol. The molecule has 2 N–H and O–H groups in total. The van der Waals surface area contributed by atoms with E-state index in [-0.39, 0.29) is 0 Å². The molecule has 0 saturated carbocycles. The molecule has 0 heterocycles. The van der Waals surface area contributed by atoms with E-state index >= 15 is 0 Å². The van der Waals surface area contributed by atoms with Gasteiger partial charge in [0.15, 0.2) is 0 Å². The van der Waals surface area contributed by atoms with Crippen molar-refractivity contribution in [3.63, 3.8) is 0 Å². The molecule has 0 saturated heterocycles. The van der Waals surface area contributed by atoms with Crippen LogP contribution in [-0.4, -0.2) is 16.7 Å². The van der Waals surface area contributed by atoms with Gasteiger partial charge in [0.1, 0.15) is 4.86 Å². The van der Waals surface area contributed by atoms with E-state index in [4.69, 9.17) is 10.8 Å². The lowest BCUT2D eigenvalue weighted by atomic mass is 10.2. The fourth-order valence-corrected chi connectivity index (χ4v) is 0.723. The van der Waals surface area contributed by atoms with Crippen molar-refractivity contribution in [2.24, 2.45) is 0 Å². The molecule has 10 heavy (non-hydrogen) atoms. The van der Waals surface area contributed by atoms with Gasteiger partial charge in [0.2, 0.25) is 6.54 Å². The Bertz CT molecular complexity index is 95.7. The molecule has 0 aromatic carbocycles. The SMILES string of the molecule is CCCCCC[N+](=N)OO. The van der Waals surface area contributed by atoms with Crippen LogP contribution in [0.25, 0.3) is 0 Å². The highest BCUT2D eigenvalue weighted by molar-refractivity contribution is 4.35. The number of hydroxylamine groups is 1. The largest absolute Gasteiger partial charge is 0.226 e. The summed E-state index contributed by atoms with van der Waals surface area (Å²) >= 11 is 0. The molecule has 0 rings (SSSR count). The number of nitrogens with one attached hydrogen (secondary N) is 1. The van der Waals surface area contributed by atoms with Crippen molar-refractivity contribution in [2.45, 2.75) is 32.6 Å². The zero-order chi connectivity index (χ0) is 7.82. The number of unbranched alkanes of at least 4 members (excludes halogenated alkanes) is 3. The zero-order valence-electron chi connectivity index (χ0n) is 6.34.